The molecule has 0 spiro atoms. The van der Waals surface area contributed by atoms with Gasteiger partial charge in [-0.25, -0.2) is 4.39 Å². The fourth-order valence-electron chi connectivity index (χ4n) is 3.33. The zero-order valence-corrected chi connectivity index (χ0v) is 12.0. The molecule has 2 rings (SSSR count). The van der Waals surface area contributed by atoms with Crippen LogP contribution in [-0.4, -0.2) is 5.11 Å². The van der Waals surface area contributed by atoms with Crippen LogP contribution in [0.2, 0.25) is 0 Å². The van der Waals surface area contributed by atoms with E-state index in [4.69, 9.17) is 0 Å². The number of nitrogens with zero attached hydrogens (tertiary/aromatic N) is 1. The quantitative estimate of drug-likeness (QED) is 0.887. The largest absolute Gasteiger partial charge is 0.387 e. The summed E-state index contributed by atoms with van der Waals surface area (Å²) in [5.41, 5.74) is -0.574. The van der Waals surface area contributed by atoms with Crippen LogP contribution in [0.4, 0.5) is 4.39 Å². The van der Waals surface area contributed by atoms with Gasteiger partial charge in [-0.05, 0) is 37.7 Å². The van der Waals surface area contributed by atoms with Crippen molar-refractivity contribution in [2.75, 3.05) is 0 Å². The first-order chi connectivity index (χ1) is 9.63. The van der Waals surface area contributed by atoms with Gasteiger partial charge in [0, 0.05) is 5.56 Å². The molecule has 0 radical (unpaired) electrons. The molecule has 1 aromatic carbocycles. The molecule has 1 fully saturated rings. The summed E-state index contributed by atoms with van der Waals surface area (Å²) in [6, 6.07) is 8.51. The van der Waals surface area contributed by atoms with E-state index in [-0.39, 0.29) is 5.56 Å². The Morgan fingerprint density at radius 1 is 1.40 bits per heavy atom. The molecule has 3 heteroatoms. The first-order valence-corrected chi connectivity index (χ1v) is 7.46. The van der Waals surface area contributed by atoms with Gasteiger partial charge < -0.3 is 5.11 Å². The average molecular weight is 275 g/mol. The minimum absolute atomic E-state index is 0.253. The van der Waals surface area contributed by atoms with Crippen molar-refractivity contribution in [1.82, 2.24) is 0 Å². The lowest BCUT2D eigenvalue weighted by Gasteiger charge is -2.38. The molecular formula is C17H22FNO. The van der Waals surface area contributed by atoms with E-state index in [0.717, 1.165) is 19.3 Å². The minimum atomic E-state index is -1.03. The maximum absolute atomic E-state index is 13.8. The normalized spacial score (nSPS) is 27.8. The third-order valence-electron chi connectivity index (χ3n) is 4.64. The van der Waals surface area contributed by atoms with Gasteiger partial charge >= 0.3 is 0 Å². The number of rotatable bonds is 4. The molecule has 1 aliphatic rings. The van der Waals surface area contributed by atoms with Gasteiger partial charge in [0.1, 0.15) is 11.9 Å². The number of hydrogen-bond acceptors (Lipinski definition) is 2. The van der Waals surface area contributed by atoms with Gasteiger partial charge in [-0.3, -0.25) is 0 Å². The summed E-state index contributed by atoms with van der Waals surface area (Å²) in [6.45, 7) is 2.17. The predicted molar refractivity (Wildman–Crippen MR) is 76.3 cm³/mol. The van der Waals surface area contributed by atoms with Crippen molar-refractivity contribution in [2.45, 2.75) is 51.6 Å². The van der Waals surface area contributed by atoms with Gasteiger partial charge in [-0.2, -0.15) is 5.26 Å². The maximum Gasteiger partial charge on any atom is 0.129 e. The zero-order valence-electron chi connectivity index (χ0n) is 12.0. The molecule has 1 aliphatic carbocycles. The fraction of sp³-hybridized carbons (Fsp3) is 0.588. The zero-order chi connectivity index (χ0) is 14.6. The van der Waals surface area contributed by atoms with E-state index in [1.165, 1.54) is 12.5 Å². The smallest absolute Gasteiger partial charge is 0.129 e. The van der Waals surface area contributed by atoms with Crippen LogP contribution in [0.15, 0.2) is 24.3 Å². The minimum Gasteiger partial charge on any atom is -0.387 e. The van der Waals surface area contributed by atoms with E-state index in [1.54, 1.807) is 18.2 Å². The molecule has 0 bridgehead atoms. The van der Waals surface area contributed by atoms with Crippen LogP contribution >= 0.6 is 0 Å². The Morgan fingerprint density at radius 2 is 2.05 bits per heavy atom. The van der Waals surface area contributed by atoms with Gasteiger partial charge in [0.2, 0.25) is 0 Å². The summed E-state index contributed by atoms with van der Waals surface area (Å²) in [5, 5.41) is 20.1. The van der Waals surface area contributed by atoms with Crippen molar-refractivity contribution >= 4 is 0 Å². The van der Waals surface area contributed by atoms with Crippen molar-refractivity contribution in [2.24, 2.45) is 11.3 Å². The molecule has 20 heavy (non-hydrogen) atoms. The predicted octanol–water partition coefficient (Wildman–Crippen LogP) is 4.36. The SMILES string of the molecule is CCCC1CCC(C#N)(C(O)c2ccccc2F)CC1. The summed E-state index contributed by atoms with van der Waals surface area (Å²) >= 11 is 0. The number of halogens is 1. The van der Waals surface area contributed by atoms with Gasteiger partial charge in [-0.15, -0.1) is 0 Å². The van der Waals surface area contributed by atoms with Gasteiger partial charge in [0.05, 0.1) is 11.5 Å². The Morgan fingerprint density at radius 3 is 2.60 bits per heavy atom. The monoisotopic (exact) mass is 275 g/mol. The molecule has 1 aromatic rings. The van der Waals surface area contributed by atoms with E-state index in [2.05, 4.69) is 13.0 Å². The van der Waals surface area contributed by atoms with E-state index < -0.39 is 17.3 Å². The fourth-order valence-corrected chi connectivity index (χ4v) is 3.33. The molecule has 0 aromatic heterocycles. The van der Waals surface area contributed by atoms with Gasteiger partial charge in [-0.1, -0.05) is 38.0 Å². The second-order valence-electron chi connectivity index (χ2n) is 5.92. The summed E-state index contributed by atoms with van der Waals surface area (Å²) in [5.74, 6) is 0.222. The molecule has 1 saturated carbocycles. The van der Waals surface area contributed by atoms with Crippen molar-refractivity contribution in [3.05, 3.63) is 35.6 Å². The van der Waals surface area contributed by atoms with E-state index in [9.17, 15) is 14.8 Å². The lowest BCUT2D eigenvalue weighted by Crippen LogP contribution is -2.33. The highest BCUT2D eigenvalue weighted by atomic mass is 19.1. The van der Waals surface area contributed by atoms with Crippen molar-refractivity contribution < 1.29 is 9.50 Å². The van der Waals surface area contributed by atoms with Crippen LogP contribution in [0.5, 0.6) is 0 Å². The third kappa shape index (κ3) is 2.86. The van der Waals surface area contributed by atoms with Crippen molar-refractivity contribution in [1.29, 1.82) is 5.26 Å². The first kappa shape index (κ1) is 15.0. The number of aliphatic hydroxyl groups is 1. The molecule has 1 atom stereocenters. The second-order valence-corrected chi connectivity index (χ2v) is 5.92. The maximum atomic E-state index is 13.8. The molecule has 0 amide bonds. The highest BCUT2D eigenvalue weighted by Gasteiger charge is 2.43. The Bertz CT molecular complexity index is 486. The number of aliphatic hydroxyl groups excluding tert-OH is 1. The molecule has 0 aliphatic heterocycles. The van der Waals surface area contributed by atoms with Gasteiger partial charge in [0.15, 0.2) is 0 Å². The van der Waals surface area contributed by atoms with E-state index >= 15 is 0 Å². The lowest BCUT2D eigenvalue weighted by molar-refractivity contribution is 0.0213. The van der Waals surface area contributed by atoms with Crippen molar-refractivity contribution in [3.63, 3.8) is 0 Å². The molecule has 1 N–H and O–H groups in total. The Balaban J connectivity index is 2.17. The summed E-state index contributed by atoms with van der Waals surface area (Å²) in [4.78, 5) is 0. The van der Waals surface area contributed by atoms with Gasteiger partial charge in [0.25, 0.3) is 0 Å². The summed E-state index contributed by atoms with van der Waals surface area (Å²) < 4.78 is 13.8. The van der Waals surface area contributed by atoms with E-state index in [0.29, 0.717) is 18.8 Å². The standard InChI is InChI=1S/C17H22FNO/c1-2-5-13-8-10-17(12-19,11-9-13)16(20)14-6-3-4-7-15(14)18/h3-4,6-7,13,16,20H,2,5,8-11H2,1H3. The second kappa shape index (κ2) is 6.37. The topological polar surface area (TPSA) is 44.0 Å². The third-order valence-corrected chi connectivity index (χ3v) is 4.64. The van der Waals surface area contributed by atoms with Crippen LogP contribution in [0, 0.1) is 28.5 Å². The van der Waals surface area contributed by atoms with Crippen LogP contribution < -0.4 is 0 Å². The Labute approximate surface area is 120 Å². The molecule has 2 nitrogen and oxygen atoms in total. The Hall–Kier alpha value is -1.40. The molecular weight excluding hydrogens is 253 g/mol. The first-order valence-electron chi connectivity index (χ1n) is 7.46. The van der Waals surface area contributed by atoms with Crippen LogP contribution in [0.1, 0.15) is 57.1 Å². The highest BCUT2D eigenvalue weighted by molar-refractivity contribution is 5.25. The molecule has 1 unspecified atom stereocenters. The molecule has 0 heterocycles. The molecule has 108 valence electrons. The number of benzene rings is 1. The summed E-state index contributed by atoms with van der Waals surface area (Å²) in [6.07, 6.45) is 4.51. The van der Waals surface area contributed by atoms with Crippen LogP contribution in [-0.2, 0) is 0 Å². The highest BCUT2D eigenvalue weighted by Crippen LogP contribution is 2.48. The van der Waals surface area contributed by atoms with Crippen LogP contribution in [0.3, 0.4) is 0 Å². The van der Waals surface area contributed by atoms with Crippen LogP contribution in [0.25, 0.3) is 0 Å². The summed E-state index contributed by atoms with van der Waals surface area (Å²) in [7, 11) is 0. The number of nitriles is 1. The van der Waals surface area contributed by atoms with E-state index in [1.807, 2.05) is 0 Å². The Kier molecular flexibility index (Phi) is 4.77. The lowest BCUT2D eigenvalue weighted by atomic mass is 9.66. The average Bonchev–Trinajstić information content (AvgIpc) is 2.48. The number of hydrogen-bond donors (Lipinski definition) is 1. The van der Waals surface area contributed by atoms with Crippen molar-refractivity contribution in [3.8, 4) is 6.07 Å². The molecule has 0 saturated heterocycles.